The second kappa shape index (κ2) is 6.40. The van der Waals surface area contributed by atoms with E-state index in [1.807, 2.05) is 0 Å². The van der Waals surface area contributed by atoms with Crippen LogP contribution in [-0.4, -0.2) is 24.3 Å². The molecule has 3 nitrogen and oxygen atoms in total. The maximum Gasteiger partial charge on any atom is 0.0918 e. The number of benzene rings is 1. The summed E-state index contributed by atoms with van der Waals surface area (Å²) in [7, 11) is 2.05. The Morgan fingerprint density at radius 2 is 1.88 bits per heavy atom. The van der Waals surface area contributed by atoms with Gasteiger partial charge in [0.05, 0.1) is 5.84 Å². The van der Waals surface area contributed by atoms with Gasteiger partial charge in [0, 0.05) is 19.5 Å². The van der Waals surface area contributed by atoms with Crippen LogP contribution < -0.4 is 5.73 Å². The fraction of sp³-hybridized carbons (Fsp3) is 0.500. The molecule has 0 spiro atoms. The molecule has 3 N–H and O–H groups in total. The van der Waals surface area contributed by atoms with Crippen LogP contribution in [0.5, 0.6) is 0 Å². The first-order valence-electron chi connectivity index (χ1n) is 6.09. The van der Waals surface area contributed by atoms with Crippen molar-refractivity contribution in [1.82, 2.24) is 4.90 Å². The van der Waals surface area contributed by atoms with Crippen molar-refractivity contribution in [2.45, 2.75) is 32.7 Å². The monoisotopic (exact) mass is 233 g/mol. The van der Waals surface area contributed by atoms with Crippen LogP contribution in [0.15, 0.2) is 24.3 Å². The highest BCUT2D eigenvalue weighted by Gasteiger charge is 2.02. The van der Waals surface area contributed by atoms with E-state index in [1.165, 1.54) is 11.1 Å². The van der Waals surface area contributed by atoms with Crippen molar-refractivity contribution in [1.29, 1.82) is 5.41 Å². The minimum Gasteiger partial charge on any atom is -0.388 e. The molecule has 0 aromatic heterocycles. The lowest BCUT2D eigenvalue weighted by molar-refractivity contribution is 0.336. The first-order chi connectivity index (χ1) is 7.99. The van der Waals surface area contributed by atoms with Crippen molar-refractivity contribution >= 4 is 5.84 Å². The van der Waals surface area contributed by atoms with Crippen molar-refractivity contribution in [3.63, 3.8) is 0 Å². The Hall–Kier alpha value is -1.35. The van der Waals surface area contributed by atoms with Gasteiger partial charge in [0.1, 0.15) is 0 Å². The zero-order valence-electron chi connectivity index (χ0n) is 11.0. The van der Waals surface area contributed by atoms with Crippen LogP contribution in [0.1, 0.15) is 37.3 Å². The molecule has 94 valence electrons. The highest BCUT2D eigenvalue weighted by Crippen LogP contribution is 2.15. The largest absolute Gasteiger partial charge is 0.388 e. The Kier molecular flexibility index (Phi) is 5.16. The van der Waals surface area contributed by atoms with Crippen LogP contribution in [-0.2, 0) is 6.54 Å². The molecule has 0 unspecified atom stereocenters. The predicted molar refractivity (Wildman–Crippen MR) is 73.4 cm³/mol. The van der Waals surface area contributed by atoms with E-state index in [9.17, 15) is 0 Å². The minimum absolute atomic E-state index is 0.256. The predicted octanol–water partition coefficient (Wildman–Crippen LogP) is 2.57. The highest BCUT2D eigenvalue weighted by atomic mass is 15.1. The molecule has 0 radical (unpaired) electrons. The Bertz CT molecular complexity index is 354. The van der Waals surface area contributed by atoms with E-state index in [2.05, 4.69) is 50.1 Å². The lowest BCUT2D eigenvalue weighted by Crippen LogP contribution is -2.23. The van der Waals surface area contributed by atoms with Gasteiger partial charge in [0.25, 0.3) is 0 Å². The molecule has 1 rings (SSSR count). The quantitative estimate of drug-likeness (QED) is 0.586. The molecule has 0 aliphatic carbocycles. The molecule has 0 atom stereocenters. The van der Waals surface area contributed by atoms with Crippen LogP contribution in [0, 0.1) is 5.41 Å². The number of hydrogen-bond acceptors (Lipinski definition) is 2. The third-order valence-corrected chi connectivity index (χ3v) is 2.86. The third-order valence-electron chi connectivity index (χ3n) is 2.86. The van der Waals surface area contributed by atoms with Crippen molar-refractivity contribution in [3.8, 4) is 0 Å². The van der Waals surface area contributed by atoms with E-state index in [1.54, 1.807) is 0 Å². The average Bonchev–Trinajstić information content (AvgIpc) is 2.27. The molecule has 17 heavy (non-hydrogen) atoms. The van der Waals surface area contributed by atoms with Gasteiger partial charge in [0.2, 0.25) is 0 Å². The van der Waals surface area contributed by atoms with E-state index < -0.39 is 0 Å². The molecule has 0 heterocycles. The van der Waals surface area contributed by atoms with E-state index in [0.717, 1.165) is 13.1 Å². The first-order valence-corrected chi connectivity index (χ1v) is 6.09. The van der Waals surface area contributed by atoms with Gasteiger partial charge >= 0.3 is 0 Å². The zero-order valence-corrected chi connectivity index (χ0v) is 11.0. The molecule has 0 bridgehead atoms. The van der Waals surface area contributed by atoms with Crippen molar-refractivity contribution in [2.24, 2.45) is 5.73 Å². The fourth-order valence-electron chi connectivity index (χ4n) is 1.71. The van der Waals surface area contributed by atoms with Gasteiger partial charge in [-0.25, -0.2) is 0 Å². The summed E-state index contributed by atoms with van der Waals surface area (Å²) in [5.74, 6) is 0.839. The zero-order chi connectivity index (χ0) is 12.8. The second-order valence-corrected chi connectivity index (χ2v) is 4.91. The van der Waals surface area contributed by atoms with Gasteiger partial charge < -0.3 is 10.6 Å². The molecule has 1 aromatic rings. The molecule has 0 amide bonds. The molecule has 0 fully saturated rings. The second-order valence-electron chi connectivity index (χ2n) is 4.91. The Labute approximate surface area is 104 Å². The van der Waals surface area contributed by atoms with E-state index in [0.29, 0.717) is 12.3 Å². The Morgan fingerprint density at radius 3 is 2.35 bits per heavy atom. The topological polar surface area (TPSA) is 53.1 Å². The van der Waals surface area contributed by atoms with Crippen LogP contribution in [0.3, 0.4) is 0 Å². The number of nitrogens with two attached hydrogens (primary N) is 1. The third kappa shape index (κ3) is 5.00. The van der Waals surface area contributed by atoms with Gasteiger partial charge in [-0.2, -0.15) is 0 Å². The fourth-order valence-corrected chi connectivity index (χ4v) is 1.71. The molecule has 0 aliphatic heterocycles. The number of hydrogen-bond donors (Lipinski definition) is 2. The van der Waals surface area contributed by atoms with Gasteiger partial charge in [-0.3, -0.25) is 5.41 Å². The Morgan fingerprint density at radius 1 is 1.29 bits per heavy atom. The summed E-state index contributed by atoms with van der Waals surface area (Å²) in [6.07, 6.45) is 0.639. The Balaban J connectivity index is 2.48. The normalized spacial score (nSPS) is 11.1. The lowest BCUT2D eigenvalue weighted by Gasteiger charge is -2.16. The molecule has 0 saturated heterocycles. The van der Waals surface area contributed by atoms with Crippen molar-refractivity contribution < 1.29 is 0 Å². The maximum absolute atomic E-state index is 7.19. The summed E-state index contributed by atoms with van der Waals surface area (Å²) in [5, 5.41) is 7.19. The maximum atomic E-state index is 7.19. The standard InChI is InChI=1S/C14H23N3/c1-11(2)13-6-4-12(5-7-13)10-17(3)9-8-14(15)16/h4-7,11H,8-10H2,1-3H3,(H3,15,16). The number of amidine groups is 1. The van der Waals surface area contributed by atoms with Crippen LogP contribution >= 0.6 is 0 Å². The van der Waals surface area contributed by atoms with E-state index in [4.69, 9.17) is 11.1 Å². The summed E-state index contributed by atoms with van der Waals surface area (Å²) in [6, 6.07) is 8.75. The molecule has 0 saturated carbocycles. The van der Waals surface area contributed by atoms with E-state index >= 15 is 0 Å². The van der Waals surface area contributed by atoms with Crippen molar-refractivity contribution in [3.05, 3.63) is 35.4 Å². The van der Waals surface area contributed by atoms with Gasteiger partial charge in [-0.1, -0.05) is 38.1 Å². The number of rotatable bonds is 6. The van der Waals surface area contributed by atoms with Gasteiger partial charge in [-0.05, 0) is 24.1 Å². The highest BCUT2D eigenvalue weighted by molar-refractivity contribution is 5.76. The SMILES string of the molecule is CC(C)c1ccc(CN(C)CCC(=N)N)cc1. The molecule has 1 aromatic carbocycles. The van der Waals surface area contributed by atoms with E-state index in [-0.39, 0.29) is 5.84 Å². The van der Waals surface area contributed by atoms with Crippen LogP contribution in [0.2, 0.25) is 0 Å². The summed E-state index contributed by atoms with van der Waals surface area (Å²) in [4.78, 5) is 2.19. The van der Waals surface area contributed by atoms with Crippen LogP contribution in [0.25, 0.3) is 0 Å². The summed E-state index contributed by atoms with van der Waals surface area (Å²) < 4.78 is 0. The molecular formula is C14H23N3. The van der Waals surface area contributed by atoms with Crippen molar-refractivity contribution in [2.75, 3.05) is 13.6 Å². The molecule has 0 aliphatic rings. The van der Waals surface area contributed by atoms with Crippen LogP contribution in [0.4, 0.5) is 0 Å². The van der Waals surface area contributed by atoms with Gasteiger partial charge in [-0.15, -0.1) is 0 Å². The lowest BCUT2D eigenvalue weighted by atomic mass is 10.0. The summed E-state index contributed by atoms with van der Waals surface area (Å²) in [5.41, 5.74) is 8.03. The van der Waals surface area contributed by atoms with Gasteiger partial charge in [0.15, 0.2) is 0 Å². The summed E-state index contributed by atoms with van der Waals surface area (Å²) >= 11 is 0. The molecular weight excluding hydrogens is 210 g/mol. The first kappa shape index (κ1) is 13.7. The minimum atomic E-state index is 0.256. The smallest absolute Gasteiger partial charge is 0.0918 e. The number of nitrogens with one attached hydrogen (secondary N) is 1. The number of nitrogens with zero attached hydrogens (tertiary/aromatic N) is 1. The average molecular weight is 233 g/mol. The summed E-state index contributed by atoms with van der Waals surface area (Å²) in [6.45, 7) is 6.15. The molecule has 3 heteroatoms.